The topological polar surface area (TPSA) is 53.0 Å². The molecule has 4 heteroatoms. The maximum absolute atomic E-state index is 10.6. The molecule has 1 aromatic heterocycles. The number of rotatable bonds is 2. The summed E-state index contributed by atoms with van der Waals surface area (Å²) < 4.78 is 21.1. The first-order chi connectivity index (χ1) is 6.77. The SMILES string of the molecule is O=S([O-])Cc1nccc2ccccc12. The second-order valence-corrected chi connectivity index (χ2v) is 3.82. The van der Waals surface area contributed by atoms with E-state index in [4.69, 9.17) is 0 Å². The van der Waals surface area contributed by atoms with Gasteiger partial charge in [-0.25, -0.2) is 0 Å². The van der Waals surface area contributed by atoms with E-state index in [2.05, 4.69) is 4.98 Å². The van der Waals surface area contributed by atoms with Crippen molar-refractivity contribution in [3.63, 3.8) is 0 Å². The maximum Gasteiger partial charge on any atom is 0.0595 e. The van der Waals surface area contributed by atoms with Crippen LogP contribution in [0.2, 0.25) is 0 Å². The molecular weight excluding hydrogens is 198 g/mol. The third-order valence-electron chi connectivity index (χ3n) is 2.01. The van der Waals surface area contributed by atoms with Gasteiger partial charge < -0.3 is 4.55 Å². The van der Waals surface area contributed by atoms with E-state index in [1.54, 1.807) is 6.20 Å². The van der Waals surface area contributed by atoms with E-state index in [9.17, 15) is 8.76 Å². The monoisotopic (exact) mass is 206 g/mol. The van der Waals surface area contributed by atoms with Crippen LogP contribution in [0, 0.1) is 0 Å². The van der Waals surface area contributed by atoms with Crippen molar-refractivity contribution in [2.45, 2.75) is 5.75 Å². The minimum atomic E-state index is -2.09. The van der Waals surface area contributed by atoms with Gasteiger partial charge in [0.15, 0.2) is 0 Å². The van der Waals surface area contributed by atoms with Crippen molar-refractivity contribution in [1.82, 2.24) is 4.98 Å². The Hall–Kier alpha value is -1.26. The van der Waals surface area contributed by atoms with E-state index in [-0.39, 0.29) is 5.75 Å². The lowest BCUT2D eigenvalue weighted by molar-refractivity contribution is 0.536. The van der Waals surface area contributed by atoms with Gasteiger partial charge in [0, 0.05) is 11.6 Å². The molecule has 0 saturated heterocycles. The Morgan fingerprint density at radius 3 is 2.86 bits per heavy atom. The van der Waals surface area contributed by atoms with Crippen LogP contribution in [0.1, 0.15) is 5.69 Å². The Kier molecular flexibility index (Phi) is 2.56. The second kappa shape index (κ2) is 3.86. The molecule has 14 heavy (non-hydrogen) atoms. The highest BCUT2D eigenvalue weighted by Gasteiger charge is 2.00. The molecule has 0 bridgehead atoms. The van der Waals surface area contributed by atoms with Gasteiger partial charge in [0.2, 0.25) is 0 Å². The number of aromatic nitrogens is 1. The summed E-state index contributed by atoms with van der Waals surface area (Å²) in [7, 11) is 0. The van der Waals surface area contributed by atoms with Crippen LogP contribution in [0.3, 0.4) is 0 Å². The molecule has 2 rings (SSSR count). The summed E-state index contributed by atoms with van der Waals surface area (Å²) in [4.78, 5) is 4.05. The highest BCUT2D eigenvalue weighted by Crippen LogP contribution is 2.16. The van der Waals surface area contributed by atoms with Crippen LogP contribution in [-0.2, 0) is 16.8 Å². The molecule has 1 heterocycles. The van der Waals surface area contributed by atoms with Crippen molar-refractivity contribution in [2.24, 2.45) is 0 Å². The van der Waals surface area contributed by atoms with E-state index in [0.717, 1.165) is 10.8 Å². The highest BCUT2D eigenvalue weighted by atomic mass is 32.2. The molecule has 3 nitrogen and oxygen atoms in total. The average Bonchev–Trinajstić information content (AvgIpc) is 2.18. The van der Waals surface area contributed by atoms with Crippen molar-refractivity contribution in [2.75, 3.05) is 0 Å². The fourth-order valence-corrected chi connectivity index (χ4v) is 1.86. The molecule has 0 spiro atoms. The normalized spacial score (nSPS) is 12.9. The molecule has 1 atom stereocenters. The van der Waals surface area contributed by atoms with Crippen molar-refractivity contribution >= 4 is 21.9 Å². The van der Waals surface area contributed by atoms with Gasteiger partial charge in [0.25, 0.3) is 0 Å². The second-order valence-electron chi connectivity index (χ2n) is 2.93. The van der Waals surface area contributed by atoms with E-state index in [1.807, 2.05) is 30.3 Å². The third kappa shape index (κ3) is 1.81. The number of fused-ring (bicyclic) bond motifs is 1. The van der Waals surface area contributed by atoms with Crippen LogP contribution in [0.5, 0.6) is 0 Å². The summed E-state index contributed by atoms with van der Waals surface area (Å²) in [5, 5.41) is 1.92. The Labute approximate surface area is 84.1 Å². The number of pyridine rings is 1. The number of hydrogen-bond donors (Lipinski definition) is 0. The Bertz CT molecular complexity index is 479. The predicted octanol–water partition coefficient (Wildman–Crippen LogP) is 1.61. The summed E-state index contributed by atoms with van der Waals surface area (Å²) in [5.41, 5.74) is 0.608. The fraction of sp³-hybridized carbons (Fsp3) is 0.100. The molecule has 0 radical (unpaired) electrons. The lowest BCUT2D eigenvalue weighted by Crippen LogP contribution is -1.97. The quantitative estimate of drug-likeness (QED) is 0.701. The van der Waals surface area contributed by atoms with Gasteiger partial charge in [0.05, 0.1) is 11.4 Å². The summed E-state index contributed by atoms with van der Waals surface area (Å²) in [5.74, 6) is -0.0264. The molecule has 0 aliphatic rings. The van der Waals surface area contributed by atoms with Gasteiger partial charge in [0.1, 0.15) is 0 Å². The van der Waals surface area contributed by atoms with Crippen LogP contribution in [-0.4, -0.2) is 13.7 Å². The van der Waals surface area contributed by atoms with Crippen molar-refractivity contribution in [1.29, 1.82) is 0 Å². The highest BCUT2D eigenvalue weighted by molar-refractivity contribution is 7.78. The van der Waals surface area contributed by atoms with Crippen LogP contribution < -0.4 is 0 Å². The van der Waals surface area contributed by atoms with Gasteiger partial charge in [-0.15, -0.1) is 0 Å². The van der Waals surface area contributed by atoms with Crippen LogP contribution >= 0.6 is 0 Å². The Morgan fingerprint density at radius 2 is 2.07 bits per heavy atom. The molecule has 0 aliphatic carbocycles. The molecule has 0 N–H and O–H groups in total. The zero-order chi connectivity index (χ0) is 9.97. The van der Waals surface area contributed by atoms with Gasteiger partial charge in [-0.2, -0.15) is 0 Å². The number of hydrogen-bond acceptors (Lipinski definition) is 3. The minimum absolute atomic E-state index is 0.0264. The molecule has 1 aromatic carbocycles. The number of benzene rings is 1. The Morgan fingerprint density at radius 1 is 1.29 bits per heavy atom. The summed E-state index contributed by atoms with van der Waals surface area (Å²) in [6.07, 6.45) is 1.63. The van der Waals surface area contributed by atoms with E-state index in [1.165, 1.54) is 0 Å². The van der Waals surface area contributed by atoms with Crippen LogP contribution in [0.4, 0.5) is 0 Å². The average molecular weight is 206 g/mol. The zero-order valence-corrected chi connectivity index (χ0v) is 8.16. The van der Waals surface area contributed by atoms with Gasteiger partial charge >= 0.3 is 0 Å². The molecule has 72 valence electrons. The summed E-state index contributed by atoms with van der Waals surface area (Å²) >= 11 is -2.09. The van der Waals surface area contributed by atoms with Crippen molar-refractivity contribution in [3.05, 3.63) is 42.2 Å². The van der Waals surface area contributed by atoms with Gasteiger partial charge in [-0.3, -0.25) is 9.19 Å². The fourth-order valence-electron chi connectivity index (χ4n) is 1.41. The van der Waals surface area contributed by atoms with Crippen molar-refractivity contribution < 1.29 is 8.76 Å². The van der Waals surface area contributed by atoms with E-state index in [0.29, 0.717) is 5.69 Å². The van der Waals surface area contributed by atoms with Gasteiger partial charge in [-0.1, -0.05) is 24.3 Å². The lowest BCUT2D eigenvalue weighted by atomic mass is 10.1. The minimum Gasteiger partial charge on any atom is -0.772 e. The largest absolute Gasteiger partial charge is 0.772 e. The molecule has 0 fully saturated rings. The summed E-state index contributed by atoms with van der Waals surface area (Å²) in [6.45, 7) is 0. The smallest absolute Gasteiger partial charge is 0.0595 e. The maximum atomic E-state index is 10.6. The first-order valence-electron chi connectivity index (χ1n) is 4.16. The van der Waals surface area contributed by atoms with Crippen LogP contribution in [0.25, 0.3) is 10.8 Å². The molecule has 0 saturated carbocycles. The standard InChI is InChI=1S/C10H9NO2S/c12-14(13)7-10-9-4-2-1-3-8(9)5-6-11-10/h1-6H,7H2,(H,12,13)/p-1. The molecule has 2 aromatic rings. The van der Waals surface area contributed by atoms with Gasteiger partial charge in [-0.05, 0) is 22.5 Å². The summed E-state index contributed by atoms with van der Waals surface area (Å²) in [6, 6.07) is 9.48. The van der Waals surface area contributed by atoms with Crippen molar-refractivity contribution in [3.8, 4) is 0 Å². The number of nitrogens with zero attached hydrogens (tertiary/aromatic N) is 1. The first kappa shape index (κ1) is 9.30. The Balaban J connectivity index is 2.59. The zero-order valence-electron chi connectivity index (χ0n) is 7.34. The molecule has 0 amide bonds. The van der Waals surface area contributed by atoms with Crippen LogP contribution in [0.15, 0.2) is 36.5 Å². The molecular formula is C10H8NO2S-. The third-order valence-corrected chi connectivity index (χ3v) is 2.52. The first-order valence-corrected chi connectivity index (χ1v) is 5.40. The molecule has 1 unspecified atom stereocenters. The predicted molar refractivity (Wildman–Crippen MR) is 54.4 cm³/mol. The lowest BCUT2D eigenvalue weighted by Gasteiger charge is -2.06. The molecule has 0 aliphatic heterocycles. The van der Waals surface area contributed by atoms with E-state index >= 15 is 0 Å². The van der Waals surface area contributed by atoms with E-state index < -0.39 is 11.1 Å².